The van der Waals surface area contributed by atoms with Gasteiger partial charge in [-0.15, -0.1) is 0 Å². The molecule has 1 atom stereocenters. The molecule has 2 N–H and O–H groups in total. The van der Waals surface area contributed by atoms with E-state index in [2.05, 4.69) is 11.8 Å². The van der Waals surface area contributed by atoms with E-state index >= 15 is 0 Å². The summed E-state index contributed by atoms with van der Waals surface area (Å²) in [5, 5.41) is 10.3. The number of quaternary nitrogens is 1. The van der Waals surface area contributed by atoms with E-state index < -0.39 is 5.60 Å². The van der Waals surface area contributed by atoms with E-state index in [9.17, 15) is 5.11 Å². The minimum atomic E-state index is -1.06. The monoisotopic (exact) mass is 246 g/mol. The first kappa shape index (κ1) is 13.1. The van der Waals surface area contributed by atoms with Crippen molar-refractivity contribution >= 4 is 0 Å². The average Bonchev–Trinajstić information content (AvgIpc) is 2.41. The quantitative estimate of drug-likeness (QED) is 0.710. The minimum Gasteiger partial charge on any atom is -0.374 e. The lowest BCUT2D eigenvalue weighted by Gasteiger charge is -2.22. The summed E-state index contributed by atoms with van der Waals surface area (Å²) in [4.78, 5) is 1.43. The van der Waals surface area contributed by atoms with Gasteiger partial charge in [0.2, 0.25) is 0 Å². The van der Waals surface area contributed by atoms with Gasteiger partial charge in [-0.25, -0.2) is 0 Å². The molecule has 96 valence electrons. The summed E-state index contributed by atoms with van der Waals surface area (Å²) >= 11 is 0. The van der Waals surface area contributed by atoms with Crippen LogP contribution in [-0.2, 0) is 10.3 Å². The van der Waals surface area contributed by atoms with Crippen LogP contribution < -0.4 is 4.90 Å². The van der Waals surface area contributed by atoms with Crippen LogP contribution in [0.2, 0.25) is 0 Å². The van der Waals surface area contributed by atoms with Crippen LogP contribution in [-0.4, -0.2) is 38.0 Å². The van der Waals surface area contributed by atoms with Crippen LogP contribution >= 0.6 is 0 Å². The Morgan fingerprint density at radius 3 is 2.61 bits per heavy atom. The van der Waals surface area contributed by atoms with E-state index in [4.69, 9.17) is 4.74 Å². The van der Waals surface area contributed by atoms with Crippen molar-refractivity contribution in [2.75, 3.05) is 32.8 Å². The third-order valence-electron chi connectivity index (χ3n) is 3.21. The highest BCUT2D eigenvalue weighted by Gasteiger charge is 2.19. The summed E-state index contributed by atoms with van der Waals surface area (Å²) in [5.41, 5.74) is -0.220. The molecule has 1 saturated heterocycles. The molecule has 1 aliphatic rings. The number of rotatable bonds is 2. The highest BCUT2D eigenvalue weighted by Crippen LogP contribution is 2.18. The topological polar surface area (TPSA) is 33.9 Å². The molecule has 0 amide bonds. The SMILES string of the molecule is CC(O)(C#CC[NH+]1CCOCC1)c1ccccc1. The minimum absolute atomic E-state index is 0.770. The predicted octanol–water partition coefficient (Wildman–Crippen LogP) is -0.187. The van der Waals surface area contributed by atoms with E-state index in [1.165, 1.54) is 4.90 Å². The summed E-state index contributed by atoms with van der Waals surface area (Å²) < 4.78 is 5.30. The summed E-state index contributed by atoms with van der Waals surface area (Å²) in [6.07, 6.45) is 0. The maximum Gasteiger partial charge on any atom is 0.148 e. The van der Waals surface area contributed by atoms with Crippen molar-refractivity contribution in [3.05, 3.63) is 35.9 Å². The van der Waals surface area contributed by atoms with E-state index in [-0.39, 0.29) is 0 Å². The van der Waals surface area contributed by atoms with Crippen LogP contribution in [0.4, 0.5) is 0 Å². The van der Waals surface area contributed by atoms with Gasteiger partial charge in [-0.1, -0.05) is 36.3 Å². The molecule has 2 rings (SSSR count). The molecule has 0 spiro atoms. The largest absolute Gasteiger partial charge is 0.374 e. The van der Waals surface area contributed by atoms with Gasteiger partial charge in [0, 0.05) is 0 Å². The molecular formula is C15H20NO2+. The van der Waals surface area contributed by atoms with Gasteiger partial charge in [-0.05, 0) is 18.4 Å². The highest BCUT2D eigenvalue weighted by molar-refractivity contribution is 5.30. The maximum atomic E-state index is 10.3. The molecule has 0 bridgehead atoms. The summed E-state index contributed by atoms with van der Waals surface area (Å²) in [5.74, 6) is 6.07. The number of benzene rings is 1. The molecule has 0 aromatic heterocycles. The number of ether oxygens (including phenoxy) is 1. The fraction of sp³-hybridized carbons (Fsp3) is 0.467. The Hall–Kier alpha value is -1.34. The third kappa shape index (κ3) is 3.58. The van der Waals surface area contributed by atoms with Crippen LogP contribution in [0.3, 0.4) is 0 Å². The Bertz CT molecular complexity index is 425. The van der Waals surface area contributed by atoms with Gasteiger partial charge in [-0.2, -0.15) is 0 Å². The lowest BCUT2D eigenvalue weighted by molar-refractivity contribution is -0.900. The predicted molar refractivity (Wildman–Crippen MR) is 70.2 cm³/mol. The van der Waals surface area contributed by atoms with E-state index in [0.29, 0.717) is 0 Å². The molecule has 1 aromatic carbocycles. The average molecular weight is 246 g/mol. The number of hydrogen-bond acceptors (Lipinski definition) is 2. The number of morpholine rings is 1. The van der Waals surface area contributed by atoms with Gasteiger partial charge in [0.05, 0.1) is 13.2 Å². The molecule has 18 heavy (non-hydrogen) atoms. The summed E-state index contributed by atoms with van der Waals surface area (Å²) in [6.45, 7) is 6.14. The van der Waals surface area contributed by atoms with Gasteiger partial charge in [0.15, 0.2) is 0 Å². The molecule has 0 radical (unpaired) electrons. The lowest BCUT2D eigenvalue weighted by Crippen LogP contribution is -3.14. The normalized spacial score (nSPS) is 19.7. The van der Waals surface area contributed by atoms with Gasteiger partial charge < -0.3 is 14.7 Å². The van der Waals surface area contributed by atoms with Crippen LogP contribution in [0.1, 0.15) is 12.5 Å². The molecular weight excluding hydrogens is 226 g/mol. The molecule has 1 unspecified atom stereocenters. The molecule has 1 aromatic rings. The second kappa shape index (κ2) is 6.01. The Kier molecular flexibility index (Phi) is 4.38. The van der Waals surface area contributed by atoms with Gasteiger partial charge in [0.25, 0.3) is 0 Å². The van der Waals surface area contributed by atoms with Crippen LogP contribution in [0.15, 0.2) is 30.3 Å². The Morgan fingerprint density at radius 2 is 1.94 bits per heavy atom. The Labute approximate surface area is 108 Å². The molecule has 1 heterocycles. The van der Waals surface area contributed by atoms with Crippen molar-refractivity contribution in [3.63, 3.8) is 0 Å². The molecule has 3 nitrogen and oxygen atoms in total. The molecule has 1 fully saturated rings. The standard InChI is InChI=1S/C15H19NO2/c1-15(17,14-6-3-2-4-7-14)8-5-9-16-10-12-18-13-11-16/h2-4,6-7,17H,9-13H2,1H3/p+1. The zero-order chi connectivity index (χ0) is 12.8. The first-order valence-electron chi connectivity index (χ1n) is 6.38. The van der Waals surface area contributed by atoms with Gasteiger partial charge in [0.1, 0.15) is 25.2 Å². The zero-order valence-corrected chi connectivity index (χ0v) is 10.8. The van der Waals surface area contributed by atoms with Crippen LogP contribution in [0.5, 0.6) is 0 Å². The summed E-state index contributed by atoms with van der Waals surface area (Å²) in [6, 6.07) is 9.56. The molecule has 1 aliphatic heterocycles. The zero-order valence-electron chi connectivity index (χ0n) is 10.8. The van der Waals surface area contributed by atoms with Gasteiger partial charge in [-0.3, -0.25) is 0 Å². The highest BCUT2D eigenvalue weighted by atomic mass is 16.5. The van der Waals surface area contributed by atoms with E-state index in [0.717, 1.165) is 38.4 Å². The third-order valence-corrected chi connectivity index (χ3v) is 3.21. The second-order valence-corrected chi connectivity index (χ2v) is 4.78. The molecule has 0 aliphatic carbocycles. The number of nitrogens with one attached hydrogen (secondary N) is 1. The Balaban J connectivity index is 1.95. The molecule has 3 heteroatoms. The fourth-order valence-electron chi connectivity index (χ4n) is 2.01. The van der Waals surface area contributed by atoms with Crippen LogP contribution in [0, 0.1) is 11.8 Å². The van der Waals surface area contributed by atoms with Crippen LogP contribution in [0.25, 0.3) is 0 Å². The van der Waals surface area contributed by atoms with Crippen molar-refractivity contribution in [3.8, 4) is 11.8 Å². The van der Waals surface area contributed by atoms with E-state index in [1.54, 1.807) is 6.92 Å². The molecule has 0 saturated carbocycles. The van der Waals surface area contributed by atoms with Crippen molar-refractivity contribution < 1.29 is 14.7 Å². The van der Waals surface area contributed by atoms with Crippen molar-refractivity contribution in [1.29, 1.82) is 0 Å². The maximum absolute atomic E-state index is 10.3. The first-order valence-corrected chi connectivity index (χ1v) is 6.38. The van der Waals surface area contributed by atoms with E-state index in [1.807, 2.05) is 30.3 Å². The lowest BCUT2D eigenvalue weighted by atomic mass is 9.97. The van der Waals surface area contributed by atoms with Gasteiger partial charge >= 0.3 is 0 Å². The fourth-order valence-corrected chi connectivity index (χ4v) is 2.01. The first-order chi connectivity index (χ1) is 8.68. The number of aliphatic hydroxyl groups is 1. The summed E-state index contributed by atoms with van der Waals surface area (Å²) in [7, 11) is 0. The smallest absolute Gasteiger partial charge is 0.148 e. The second-order valence-electron chi connectivity index (χ2n) is 4.78. The van der Waals surface area contributed by atoms with Crippen molar-refractivity contribution in [2.24, 2.45) is 0 Å². The Morgan fingerprint density at radius 1 is 1.28 bits per heavy atom. The van der Waals surface area contributed by atoms with Crippen molar-refractivity contribution in [1.82, 2.24) is 0 Å². The number of hydrogen-bond donors (Lipinski definition) is 2. The van der Waals surface area contributed by atoms with Crippen molar-refractivity contribution in [2.45, 2.75) is 12.5 Å².